The van der Waals surface area contributed by atoms with Crippen LogP contribution < -0.4 is 10.6 Å². The highest BCUT2D eigenvalue weighted by Crippen LogP contribution is 2.16. The number of para-hydroxylation sites is 1. The summed E-state index contributed by atoms with van der Waals surface area (Å²) in [5, 5.41) is 6.16. The van der Waals surface area contributed by atoms with Gasteiger partial charge in [-0.2, -0.15) is 0 Å². The average molecular weight is 333 g/mol. The van der Waals surface area contributed by atoms with Gasteiger partial charge in [0.25, 0.3) is 0 Å². The topological polar surface area (TPSA) is 41.1 Å². The molecular formula is C16H17BrN2O. The summed E-state index contributed by atoms with van der Waals surface area (Å²) in [6.07, 6.45) is 0.717. The Morgan fingerprint density at radius 2 is 1.70 bits per heavy atom. The predicted octanol–water partition coefficient (Wildman–Crippen LogP) is 4.28. The first-order valence-electron chi connectivity index (χ1n) is 6.57. The molecule has 3 nitrogen and oxygen atoms in total. The molecule has 2 aromatic rings. The molecule has 1 amide bonds. The van der Waals surface area contributed by atoms with Crippen LogP contribution in [0.25, 0.3) is 0 Å². The van der Waals surface area contributed by atoms with Gasteiger partial charge in [-0.3, -0.25) is 4.79 Å². The van der Waals surface area contributed by atoms with Gasteiger partial charge in [0.15, 0.2) is 0 Å². The zero-order valence-electron chi connectivity index (χ0n) is 11.3. The molecular weight excluding hydrogens is 316 g/mol. The summed E-state index contributed by atoms with van der Waals surface area (Å²) >= 11 is 3.39. The molecule has 0 aliphatic rings. The largest absolute Gasteiger partial charge is 0.374 e. The van der Waals surface area contributed by atoms with E-state index in [1.807, 2.05) is 61.5 Å². The van der Waals surface area contributed by atoms with E-state index in [-0.39, 0.29) is 11.9 Å². The van der Waals surface area contributed by atoms with Crippen molar-refractivity contribution >= 4 is 33.2 Å². The fraction of sp³-hybridized carbons (Fsp3) is 0.188. The molecule has 0 bridgehead atoms. The number of carbonyl (C=O) groups is 1. The average Bonchev–Trinajstić information content (AvgIpc) is 2.47. The first-order chi connectivity index (χ1) is 9.69. The molecule has 20 heavy (non-hydrogen) atoms. The lowest BCUT2D eigenvalue weighted by Gasteiger charge is -2.18. The maximum Gasteiger partial charge on any atom is 0.246 e. The maximum absolute atomic E-state index is 12.2. The molecule has 0 saturated heterocycles. The Kier molecular flexibility index (Phi) is 5.18. The summed E-state index contributed by atoms with van der Waals surface area (Å²) in [7, 11) is 0. The second-order valence-electron chi connectivity index (χ2n) is 4.47. The van der Waals surface area contributed by atoms with Crippen LogP contribution in [0.4, 0.5) is 11.4 Å². The summed E-state index contributed by atoms with van der Waals surface area (Å²) in [5.41, 5.74) is 1.75. The van der Waals surface area contributed by atoms with Gasteiger partial charge in [0.1, 0.15) is 6.04 Å². The van der Waals surface area contributed by atoms with Crippen LogP contribution in [0.5, 0.6) is 0 Å². The van der Waals surface area contributed by atoms with Crippen molar-refractivity contribution in [1.82, 2.24) is 0 Å². The summed E-state index contributed by atoms with van der Waals surface area (Å²) < 4.78 is 1.02. The van der Waals surface area contributed by atoms with Gasteiger partial charge >= 0.3 is 0 Å². The van der Waals surface area contributed by atoms with E-state index in [1.54, 1.807) is 0 Å². The van der Waals surface area contributed by atoms with Gasteiger partial charge < -0.3 is 10.6 Å². The molecule has 0 saturated carbocycles. The molecule has 0 spiro atoms. The summed E-state index contributed by atoms with van der Waals surface area (Å²) in [5.74, 6) is -0.0263. The fourth-order valence-electron chi connectivity index (χ4n) is 1.85. The van der Waals surface area contributed by atoms with E-state index < -0.39 is 0 Å². The minimum atomic E-state index is -0.253. The molecule has 1 atom stereocenters. The number of hydrogen-bond donors (Lipinski definition) is 2. The molecule has 0 aliphatic carbocycles. The molecule has 2 N–H and O–H groups in total. The van der Waals surface area contributed by atoms with Crippen LogP contribution in [-0.2, 0) is 4.79 Å². The molecule has 104 valence electrons. The van der Waals surface area contributed by atoms with E-state index >= 15 is 0 Å². The highest BCUT2D eigenvalue weighted by Gasteiger charge is 2.16. The summed E-state index contributed by atoms with van der Waals surface area (Å²) in [6, 6.07) is 17.0. The minimum absolute atomic E-state index is 0.0263. The van der Waals surface area contributed by atoms with Crippen LogP contribution in [0, 0.1) is 0 Å². The predicted molar refractivity (Wildman–Crippen MR) is 86.9 cm³/mol. The van der Waals surface area contributed by atoms with Crippen molar-refractivity contribution in [2.75, 3.05) is 10.6 Å². The fourth-order valence-corrected chi connectivity index (χ4v) is 2.12. The third-order valence-corrected chi connectivity index (χ3v) is 3.48. The summed E-state index contributed by atoms with van der Waals surface area (Å²) in [6.45, 7) is 1.99. The lowest BCUT2D eigenvalue weighted by atomic mass is 10.2. The second-order valence-corrected chi connectivity index (χ2v) is 5.38. The van der Waals surface area contributed by atoms with E-state index in [2.05, 4.69) is 26.6 Å². The number of carbonyl (C=O) groups excluding carboxylic acids is 1. The van der Waals surface area contributed by atoms with Crippen molar-refractivity contribution in [1.29, 1.82) is 0 Å². The Morgan fingerprint density at radius 3 is 2.30 bits per heavy atom. The van der Waals surface area contributed by atoms with Crippen molar-refractivity contribution in [2.45, 2.75) is 19.4 Å². The van der Waals surface area contributed by atoms with Crippen molar-refractivity contribution in [3.8, 4) is 0 Å². The number of benzene rings is 2. The van der Waals surface area contributed by atoms with Crippen LogP contribution in [0.15, 0.2) is 59.1 Å². The smallest absolute Gasteiger partial charge is 0.246 e. The standard InChI is InChI=1S/C16H17BrN2O/c1-2-15(18-14-10-8-12(17)9-11-14)16(20)19-13-6-4-3-5-7-13/h3-11,15,18H,2H2,1H3,(H,19,20)/t15-/m1/s1. The third-order valence-electron chi connectivity index (χ3n) is 2.95. The normalized spacial score (nSPS) is 11.7. The molecule has 0 fully saturated rings. The van der Waals surface area contributed by atoms with Gasteiger partial charge in [-0.05, 0) is 42.8 Å². The molecule has 0 unspecified atom stereocenters. The van der Waals surface area contributed by atoms with E-state index in [9.17, 15) is 4.79 Å². The molecule has 0 heterocycles. The Bertz CT molecular complexity index is 554. The van der Waals surface area contributed by atoms with Crippen LogP contribution in [0.2, 0.25) is 0 Å². The first kappa shape index (κ1) is 14.6. The molecule has 0 radical (unpaired) electrons. The van der Waals surface area contributed by atoms with Crippen molar-refractivity contribution in [3.63, 3.8) is 0 Å². The number of anilines is 2. The second kappa shape index (κ2) is 7.10. The molecule has 0 aliphatic heterocycles. The number of amides is 1. The van der Waals surface area contributed by atoms with Gasteiger partial charge in [0.2, 0.25) is 5.91 Å². The van der Waals surface area contributed by atoms with Crippen molar-refractivity contribution < 1.29 is 4.79 Å². The van der Waals surface area contributed by atoms with E-state index in [1.165, 1.54) is 0 Å². The van der Waals surface area contributed by atoms with Crippen molar-refractivity contribution in [2.24, 2.45) is 0 Å². The van der Waals surface area contributed by atoms with Crippen LogP contribution in [0.3, 0.4) is 0 Å². The molecule has 4 heteroatoms. The Balaban J connectivity index is 2.00. The quantitative estimate of drug-likeness (QED) is 0.858. The SMILES string of the molecule is CC[C@@H](Nc1ccc(Br)cc1)C(=O)Nc1ccccc1. The third kappa shape index (κ3) is 4.10. The van der Waals surface area contributed by atoms with Crippen LogP contribution in [-0.4, -0.2) is 11.9 Å². The highest BCUT2D eigenvalue weighted by molar-refractivity contribution is 9.10. The number of halogens is 1. The molecule has 2 aromatic carbocycles. The number of rotatable bonds is 5. The Labute approximate surface area is 127 Å². The monoisotopic (exact) mass is 332 g/mol. The molecule has 0 aromatic heterocycles. The zero-order chi connectivity index (χ0) is 14.4. The summed E-state index contributed by atoms with van der Waals surface area (Å²) in [4.78, 5) is 12.2. The van der Waals surface area contributed by atoms with E-state index in [4.69, 9.17) is 0 Å². The zero-order valence-corrected chi connectivity index (χ0v) is 12.9. The van der Waals surface area contributed by atoms with Gasteiger partial charge in [0.05, 0.1) is 0 Å². The van der Waals surface area contributed by atoms with Crippen molar-refractivity contribution in [3.05, 3.63) is 59.1 Å². The Morgan fingerprint density at radius 1 is 1.05 bits per heavy atom. The first-order valence-corrected chi connectivity index (χ1v) is 7.36. The van der Waals surface area contributed by atoms with Crippen LogP contribution >= 0.6 is 15.9 Å². The van der Waals surface area contributed by atoms with E-state index in [0.29, 0.717) is 6.42 Å². The Hall–Kier alpha value is -1.81. The maximum atomic E-state index is 12.2. The highest BCUT2D eigenvalue weighted by atomic mass is 79.9. The van der Waals surface area contributed by atoms with Crippen LogP contribution in [0.1, 0.15) is 13.3 Å². The van der Waals surface area contributed by atoms with Gasteiger partial charge in [-0.1, -0.05) is 41.1 Å². The van der Waals surface area contributed by atoms with Gasteiger partial charge in [0, 0.05) is 15.8 Å². The van der Waals surface area contributed by atoms with E-state index in [0.717, 1.165) is 15.8 Å². The lowest BCUT2D eigenvalue weighted by Crippen LogP contribution is -2.34. The minimum Gasteiger partial charge on any atom is -0.374 e. The number of nitrogens with one attached hydrogen (secondary N) is 2. The number of hydrogen-bond acceptors (Lipinski definition) is 2. The van der Waals surface area contributed by atoms with Gasteiger partial charge in [-0.25, -0.2) is 0 Å². The van der Waals surface area contributed by atoms with Gasteiger partial charge in [-0.15, -0.1) is 0 Å². The molecule has 2 rings (SSSR count). The lowest BCUT2D eigenvalue weighted by molar-refractivity contribution is -0.116.